The maximum atomic E-state index is 5.53. The van der Waals surface area contributed by atoms with Crippen molar-refractivity contribution >= 4 is 11.8 Å². The van der Waals surface area contributed by atoms with Gasteiger partial charge in [0.05, 0.1) is 0 Å². The molecule has 2 aliphatic heterocycles. The fourth-order valence-electron chi connectivity index (χ4n) is 4.24. The minimum Gasteiger partial charge on any atom is -0.454 e. The first-order chi connectivity index (χ1) is 14.8. The Morgan fingerprint density at radius 1 is 1.03 bits per heavy atom. The molecular formula is C23H26N4O2S. The standard InChI is InChI=1S/C23H26N4O2S/c1-26-22(24-25-23(26)30-15-17-6-3-2-4-7-17)19-8-5-11-27(14-19)13-18-9-10-20-21(12-18)29-16-28-20/h2-4,6-7,9-10,12,19H,5,8,11,13-16H2,1H3. The molecule has 0 radical (unpaired) electrons. The third-order valence-corrected chi connectivity index (χ3v) is 6.88. The minimum atomic E-state index is 0.321. The summed E-state index contributed by atoms with van der Waals surface area (Å²) in [5, 5.41) is 10.0. The molecule has 5 rings (SSSR count). The highest BCUT2D eigenvalue weighted by atomic mass is 32.2. The number of hydrogen-bond acceptors (Lipinski definition) is 6. The Morgan fingerprint density at radius 2 is 1.90 bits per heavy atom. The van der Waals surface area contributed by atoms with Crippen LogP contribution in [0.2, 0.25) is 0 Å². The number of hydrogen-bond donors (Lipinski definition) is 0. The van der Waals surface area contributed by atoms with E-state index in [1.807, 2.05) is 12.1 Å². The smallest absolute Gasteiger partial charge is 0.231 e. The molecule has 2 aromatic carbocycles. The number of benzene rings is 2. The SMILES string of the molecule is Cn1c(SCc2ccccc2)nnc1C1CCCN(Cc2ccc3c(c2)OCO3)C1. The topological polar surface area (TPSA) is 52.4 Å². The van der Waals surface area contributed by atoms with Crippen LogP contribution in [0.1, 0.15) is 35.7 Å². The molecule has 6 nitrogen and oxygen atoms in total. The Morgan fingerprint density at radius 3 is 2.80 bits per heavy atom. The van der Waals surface area contributed by atoms with E-state index in [9.17, 15) is 0 Å². The van der Waals surface area contributed by atoms with Crippen LogP contribution in [0.4, 0.5) is 0 Å². The van der Waals surface area contributed by atoms with E-state index >= 15 is 0 Å². The predicted octanol–water partition coefficient (Wildman–Crippen LogP) is 4.22. The second kappa shape index (κ2) is 8.70. The first-order valence-corrected chi connectivity index (χ1v) is 11.4. The molecular weight excluding hydrogens is 396 g/mol. The molecule has 0 amide bonds. The molecule has 1 aromatic heterocycles. The van der Waals surface area contributed by atoms with Gasteiger partial charge in [-0.1, -0.05) is 48.2 Å². The highest BCUT2D eigenvalue weighted by Gasteiger charge is 2.26. The Hall–Kier alpha value is -2.51. The van der Waals surface area contributed by atoms with Crippen LogP contribution in [-0.4, -0.2) is 39.5 Å². The van der Waals surface area contributed by atoms with Crippen LogP contribution < -0.4 is 9.47 Å². The average molecular weight is 423 g/mol. The van der Waals surface area contributed by atoms with E-state index < -0.39 is 0 Å². The van der Waals surface area contributed by atoms with Gasteiger partial charge in [0.25, 0.3) is 0 Å². The Labute approximate surface area is 181 Å². The molecule has 2 aliphatic rings. The van der Waals surface area contributed by atoms with Gasteiger partial charge in [0.2, 0.25) is 6.79 Å². The zero-order chi connectivity index (χ0) is 20.3. The monoisotopic (exact) mass is 422 g/mol. The molecule has 0 spiro atoms. The van der Waals surface area contributed by atoms with Gasteiger partial charge in [-0.2, -0.15) is 0 Å². The van der Waals surface area contributed by atoms with Gasteiger partial charge in [-0.15, -0.1) is 10.2 Å². The maximum absolute atomic E-state index is 5.53. The van der Waals surface area contributed by atoms with E-state index in [1.54, 1.807) is 11.8 Å². The number of likely N-dealkylation sites (tertiary alicyclic amines) is 1. The van der Waals surface area contributed by atoms with Crippen LogP contribution in [0.5, 0.6) is 11.5 Å². The molecule has 0 bridgehead atoms. The molecule has 0 saturated carbocycles. The quantitative estimate of drug-likeness (QED) is 0.555. The van der Waals surface area contributed by atoms with Gasteiger partial charge < -0.3 is 14.0 Å². The summed E-state index contributed by atoms with van der Waals surface area (Å²) < 4.78 is 13.1. The van der Waals surface area contributed by atoms with Crippen molar-refractivity contribution in [1.82, 2.24) is 19.7 Å². The summed E-state index contributed by atoms with van der Waals surface area (Å²) in [5.74, 6) is 4.12. The van der Waals surface area contributed by atoms with Crippen LogP contribution in [0.25, 0.3) is 0 Å². The van der Waals surface area contributed by atoms with Crippen molar-refractivity contribution in [2.24, 2.45) is 7.05 Å². The highest BCUT2D eigenvalue weighted by molar-refractivity contribution is 7.98. The lowest BCUT2D eigenvalue weighted by molar-refractivity contribution is 0.173. The van der Waals surface area contributed by atoms with Crippen LogP contribution in [0.15, 0.2) is 53.7 Å². The number of piperidine rings is 1. The van der Waals surface area contributed by atoms with Gasteiger partial charge >= 0.3 is 0 Å². The second-order valence-corrected chi connectivity index (χ2v) is 8.88. The van der Waals surface area contributed by atoms with Crippen LogP contribution in [0, 0.1) is 0 Å². The van der Waals surface area contributed by atoms with Crippen molar-refractivity contribution in [2.45, 2.75) is 36.2 Å². The van der Waals surface area contributed by atoms with E-state index in [1.165, 1.54) is 17.5 Å². The number of thioether (sulfide) groups is 1. The second-order valence-electron chi connectivity index (χ2n) is 7.94. The van der Waals surface area contributed by atoms with Crippen molar-refractivity contribution < 1.29 is 9.47 Å². The molecule has 3 heterocycles. The first kappa shape index (κ1) is 19.5. The van der Waals surface area contributed by atoms with E-state index in [0.717, 1.165) is 54.3 Å². The lowest BCUT2D eigenvalue weighted by atomic mass is 9.96. The predicted molar refractivity (Wildman–Crippen MR) is 117 cm³/mol. The number of nitrogens with zero attached hydrogens (tertiary/aromatic N) is 4. The van der Waals surface area contributed by atoms with E-state index in [0.29, 0.717) is 12.7 Å². The van der Waals surface area contributed by atoms with Gasteiger partial charge in [0.1, 0.15) is 5.82 Å². The Balaban J connectivity index is 1.23. The molecule has 0 aliphatic carbocycles. The molecule has 3 aromatic rings. The molecule has 7 heteroatoms. The summed E-state index contributed by atoms with van der Waals surface area (Å²) in [6, 6.07) is 16.8. The van der Waals surface area contributed by atoms with Gasteiger partial charge in [-0.05, 0) is 42.6 Å². The van der Waals surface area contributed by atoms with E-state index in [-0.39, 0.29) is 0 Å². The van der Waals surface area contributed by atoms with Crippen molar-refractivity contribution in [2.75, 3.05) is 19.9 Å². The lowest BCUT2D eigenvalue weighted by Crippen LogP contribution is -2.34. The fourth-order valence-corrected chi connectivity index (χ4v) is 5.11. The number of aromatic nitrogens is 3. The summed E-state index contributed by atoms with van der Waals surface area (Å²) >= 11 is 1.75. The summed E-state index contributed by atoms with van der Waals surface area (Å²) in [7, 11) is 2.10. The molecule has 156 valence electrons. The van der Waals surface area contributed by atoms with Gasteiger partial charge in [-0.3, -0.25) is 4.90 Å². The molecule has 1 saturated heterocycles. The molecule has 0 N–H and O–H groups in total. The lowest BCUT2D eigenvalue weighted by Gasteiger charge is -2.32. The average Bonchev–Trinajstić information content (AvgIpc) is 3.39. The normalized spacial score (nSPS) is 18.6. The zero-order valence-corrected chi connectivity index (χ0v) is 18.0. The Kier molecular flexibility index (Phi) is 5.64. The first-order valence-electron chi connectivity index (χ1n) is 10.4. The highest BCUT2D eigenvalue weighted by Crippen LogP contribution is 2.34. The van der Waals surface area contributed by atoms with Crippen LogP contribution in [-0.2, 0) is 19.3 Å². The fraction of sp³-hybridized carbons (Fsp3) is 0.391. The molecule has 1 atom stereocenters. The molecule has 1 fully saturated rings. The molecule has 1 unspecified atom stereocenters. The van der Waals surface area contributed by atoms with Gasteiger partial charge in [-0.25, -0.2) is 0 Å². The van der Waals surface area contributed by atoms with Crippen molar-refractivity contribution in [3.8, 4) is 11.5 Å². The van der Waals surface area contributed by atoms with Gasteiger partial charge in [0.15, 0.2) is 16.7 Å². The third kappa shape index (κ3) is 4.18. The summed E-state index contributed by atoms with van der Waals surface area (Å²) in [4.78, 5) is 2.51. The van der Waals surface area contributed by atoms with Crippen molar-refractivity contribution in [1.29, 1.82) is 0 Å². The van der Waals surface area contributed by atoms with E-state index in [2.05, 4.69) is 63.1 Å². The van der Waals surface area contributed by atoms with Crippen LogP contribution >= 0.6 is 11.8 Å². The largest absolute Gasteiger partial charge is 0.454 e. The molecule has 30 heavy (non-hydrogen) atoms. The third-order valence-electron chi connectivity index (χ3n) is 5.79. The van der Waals surface area contributed by atoms with Crippen molar-refractivity contribution in [3.63, 3.8) is 0 Å². The summed E-state index contributed by atoms with van der Waals surface area (Å²) in [6.45, 7) is 3.35. The summed E-state index contributed by atoms with van der Waals surface area (Å²) in [6.07, 6.45) is 2.33. The Bertz CT molecular complexity index is 1010. The number of rotatable bonds is 6. The van der Waals surface area contributed by atoms with E-state index in [4.69, 9.17) is 9.47 Å². The minimum absolute atomic E-state index is 0.321. The maximum Gasteiger partial charge on any atom is 0.231 e. The van der Waals surface area contributed by atoms with Crippen LogP contribution in [0.3, 0.4) is 0 Å². The van der Waals surface area contributed by atoms with Crippen molar-refractivity contribution in [3.05, 3.63) is 65.5 Å². The number of fused-ring (bicyclic) bond motifs is 1. The number of ether oxygens (including phenoxy) is 2. The summed E-state index contributed by atoms with van der Waals surface area (Å²) in [5.41, 5.74) is 2.57. The zero-order valence-electron chi connectivity index (χ0n) is 17.2. The van der Waals surface area contributed by atoms with Gasteiger partial charge in [0, 0.05) is 31.8 Å².